The molecule has 1 amide bonds. The van der Waals surface area contributed by atoms with E-state index < -0.39 is 18.2 Å². The summed E-state index contributed by atoms with van der Waals surface area (Å²) in [4.78, 5) is 20.7. The minimum Gasteiger partial charge on any atom is -0.471 e. The van der Waals surface area contributed by atoms with E-state index in [9.17, 15) is 14.3 Å². The number of hydrogen-bond acceptors (Lipinski definition) is 7. The summed E-state index contributed by atoms with van der Waals surface area (Å²) in [5.41, 5.74) is 5.30. The molecule has 0 bridgehead atoms. The standard InChI is InChI=1S/C39H51FN4O4/c1-26-6-8-28(9-7-26)24-44-16-17-47-35(25-44)36(46)43-32(19-27-10-12-30(40)13-11-27)34(45)23-41-33-21-39(14-5-15-39)48-37-31(33)18-29(22-42-37)20-38(2,3)4/h6-13,18,22,32-35,41,45H,5,14-17,19-21,23-25H2,1-4H3,(H,43,46)/t32-,33-,34+,35?/m0/s1. The van der Waals surface area contributed by atoms with Gasteiger partial charge in [0, 0.05) is 50.4 Å². The Labute approximate surface area is 284 Å². The quantitative estimate of drug-likeness (QED) is 0.253. The fourth-order valence-corrected chi connectivity index (χ4v) is 7.14. The molecular weight excluding hydrogens is 607 g/mol. The molecule has 9 heteroatoms. The summed E-state index contributed by atoms with van der Waals surface area (Å²) >= 11 is 0. The van der Waals surface area contributed by atoms with E-state index >= 15 is 0 Å². The highest BCUT2D eigenvalue weighted by molar-refractivity contribution is 5.81. The highest BCUT2D eigenvalue weighted by Gasteiger charge is 2.46. The third-order valence-corrected chi connectivity index (χ3v) is 9.90. The number of ether oxygens (including phenoxy) is 2. The number of hydrogen-bond donors (Lipinski definition) is 3. The number of carbonyl (C=O) groups excluding carboxylic acids is 1. The van der Waals surface area contributed by atoms with E-state index in [1.807, 2.05) is 6.20 Å². The molecule has 1 aliphatic carbocycles. The molecule has 6 rings (SSSR count). The van der Waals surface area contributed by atoms with E-state index in [0.29, 0.717) is 25.5 Å². The summed E-state index contributed by atoms with van der Waals surface area (Å²) in [6.45, 7) is 11.4. The number of morpholine rings is 1. The number of aliphatic hydroxyl groups excluding tert-OH is 1. The zero-order valence-corrected chi connectivity index (χ0v) is 28.8. The lowest BCUT2D eigenvalue weighted by Gasteiger charge is -2.47. The molecule has 48 heavy (non-hydrogen) atoms. The average Bonchev–Trinajstić information content (AvgIpc) is 3.04. The van der Waals surface area contributed by atoms with Crippen LogP contribution in [0.3, 0.4) is 0 Å². The number of aromatic nitrogens is 1. The molecule has 2 fully saturated rings. The van der Waals surface area contributed by atoms with Gasteiger partial charge in [-0.1, -0.05) is 62.7 Å². The number of pyridine rings is 1. The summed E-state index contributed by atoms with van der Waals surface area (Å²) in [6.07, 6.45) is 5.50. The summed E-state index contributed by atoms with van der Waals surface area (Å²) in [6, 6.07) is 16.2. The minimum absolute atomic E-state index is 0.0460. The molecule has 1 saturated heterocycles. The number of nitrogens with one attached hydrogen (secondary N) is 2. The zero-order chi connectivity index (χ0) is 33.9. The molecule has 1 spiro atoms. The Morgan fingerprint density at radius 2 is 1.83 bits per heavy atom. The van der Waals surface area contributed by atoms with Crippen molar-refractivity contribution in [3.8, 4) is 5.88 Å². The maximum Gasteiger partial charge on any atom is 0.250 e. The molecule has 3 heterocycles. The first-order valence-electron chi connectivity index (χ1n) is 17.5. The molecule has 1 aromatic heterocycles. The van der Waals surface area contributed by atoms with E-state index in [2.05, 4.69) is 73.6 Å². The van der Waals surface area contributed by atoms with Crippen molar-refractivity contribution in [1.82, 2.24) is 20.5 Å². The summed E-state index contributed by atoms with van der Waals surface area (Å²) in [5.74, 6) is 0.0930. The van der Waals surface area contributed by atoms with Gasteiger partial charge in [0.15, 0.2) is 0 Å². The Hall–Kier alpha value is -3.37. The monoisotopic (exact) mass is 658 g/mol. The minimum atomic E-state index is -0.916. The maximum absolute atomic E-state index is 13.7. The number of nitrogens with zero attached hydrogens (tertiary/aromatic N) is 2. The van der Waals surface area contributed by atoms with Crippen LogP contribution in [-0.2, 0) is 28.9 Å². The number of aliphatic hydroxyl groups is 1. The lowest BCUT2D eigenvalue weighted by Crippen LogP contribution is -2.56. The van der Waals surface area contributed by atoms with Crippen molar-refractivity contribution < 1.29 is 23.8 Å². The van der Waals surface area contributed by atoms with Crippen molar-refractivity contribution in [2.45, 2.75) is 103 Å². The fraction of sp³-hybridized carbons (Fsp3) is 0.538. The zero-order valence-electron chi connectivity index (χ0n) is 28.8. The Balaban J connectivity index is 1.15. The van der Waals surface area contributed by atoms with Crippen molar-refractivity contribution in [3.05, 3.63) is 94.4 Å². The predicted molar refractivity (Wildman–Crippen MR) is 184 cm³/mol. The van der Waals surface area contributed by atoms with Gasteiger partial charge in [-0.05, 0) is 79.3 Å². The van der Waals surface area contributed by atoms with Crippen LogP contribution in [0.1, 0.15) is 80.3 Å². The van der Waals surface area contributed by atoms with E-state index in [-0.39, 0.29) is 35.3 Å². The number of aryl methyl sites for hydroxylation is 1. The van der Waals surface area contributed by atoms with Crippen molar-refractivity contribution in [2.24, 2.45) is 5.41 Å². The molecule has 1 saturated carbocycles. The number of amides is 1. The van der Waals surface area contributed by atoms with Crippen molar-refractivity contribution in [3.63, 3.8) is 0 Å². The Kier molecular flexibility index (Phi) is 10.5. The van der Waals surface area contributed by atoms with E-state index in [4.69, 9.17) is 14.5 Å². The first-order valence-corrected chi connectivity index (χ1v) is 17.5. The first-order chi connectivity index (χ1) is 22.9. The maximum atomic E-state index is 13.7. The molecule has 4 atom stereocenters. The van der Waals surface area contributed by atoms with Crippen LogP contribution in [-0.4, -0.2) is 71.0 Å². The normalized spacial score (nSPS) is 21.9. The second-order valence-corrected chi connectivity index (χ2v) is 15.4. The Bertz CT molecular complexity index is 1540. The highest BCUT2D eigenvalue weighted by Crippen LogP contribution is 2.48. The third kappa shape index (κ3) is 8.80. The van der Waals surface area contributed by atoms with Gasteiger partial charge in [0.25, 0.3) is 5.91 Å². The number of halogens is 1. The van der Waals surface area contributed by atoms with Gasteiger partial charge in [-0.15, -0.1) is 0 Å². The molecule has 3 aromatic rings. The van der Waals surface area contributed by atoms with Crippen LogP contribution in [0, 0.1) is 18.2 Å². The van der Waals surface area contributed by atoms with Gasteiger partial charge in [0.1, 0.15) is 17.5 Å². The van der Waals surface area contributed by atoms with Crippen LogP contribution in [0.5, 0.6) is 5.88 Å². The lowest BCUT2D eigenvalue weighted by atomic mass is 9.73. The van der Waals surface area contributed by atoms with Gasteiger partial charge < -0.3 is 25.2 Å². The summed E-state index contributed by atoms with van der Waals surface area (Å²) < 4.78 is 26.1. The van der Waals surface area contributed by atoms with Crippen LogP contribution in [0.15, 0.2) is 60.8 Å². The summed E-state index contributed by atoms with van der Waals surface area (Å²) in [5, 5.41) is 18.4. The average molecular weight is 659 g/mol. The van der Waals surface area contributed by atoms with Crippen molar-refractivity contribution >= 4 is 5.91 Å². The van der Waals surface area contributed by atoms with Crippen LogP contribution in [0.25, 0.3) is 0 Å². The lowest BCUT2D eigenvalue weighted by molar-refractivity contribution is -0.140. The summed E-state index contributed by atoms with van der Waals surface area (Å²) in [7, 11) is 0. The van der Waals surface area contributed by atoms with Crippen molar-refractivity contribution in [1.29, 1.82) is 0 Å². The van der Waals surface area contributed by atoms with Crippen molar-refractivity contribution in [2.75, 3.05) is 26.2 Å². The third-order valence-electron chi connectivity index (χ3n) is 9.90. The molecule has 2 aromatic carbocycles. The van der Waals surface area contributed by atoms with Gasteiger partial charge in [-0.2, -0.15) is 0 Å². The Morgan fingerprint density at radius 3 is 2.52 bits per heavy atom. The molecular formula is C39H51FN4O4. The van der Waals surface area contributed by atoms with Crippen LogP contribution < -0.4 is 15.4 Å². The van der Waals surface area contributed by atoms with Crippen LogP contribution >= 0.6 is 0 Å². The number of rotatable bonds is 11. The van der Waals surface area contributed by atoms with Gasteiger partial charge >= 0.3 is 0 Å². The Morgan fingerprint density at radius 1 is 1.10 bits per heavy atom. The molecule has 1 unspecified atom stereocenters. The molecule has 258 valence electrons. The molecule has 2 aliphatic heterocycles. The number of fused-ring (bicyclic) bond motifs is 1. The van der Waals surface area contributed by atoms with Gasteiger partial charge in [0.2, 0.25) is 5.88 Å². The second-order valence-electron chi connectivity index (χ2n) is 15.4. The van der Waals surface area contributed by atoms with Crippen LogP contribution in [0.4, 0.5) is 4.39 Å². The predicted octanol–water partition coefficient (Wildman–Crippen LogP) is 5.44. The number of benzene rings is 2. The smallest absolute Gasteiger partial charge is 0.250 e. The molecule has 3 aliphatic rings. The largest absolute Gasteiger partial charge is 0.471 e. The topological polar surface area (TPSA) is 96.0 Å². The van der Waals surface area contributed by atoms with Gasteiger partial charge in [0.05, 0.1) is 18.8 Å². The molecule has 3 N–H and O–H groups in total. The van der Waals surface area contributed by atoms with Gasteiger partial charge in [-0.25, -0.2) is 9.37 Å². The van der Waals surface area contributed by atoms with Gasteiger partial charge in [-0.3, -0.25) is 9.69 Å². The number of carbonyl (C=O) groups is 1. The SMILES string of the molecule is Cc1ccc(CN2CCOC(C(=O)N[C@@H](Cc3ccc(F)cc3)[C@H](O)CN[C@H]3CC4(CCC4)Oc4ncc(CC(C)(C)C)cc43)C2)cc1. The van der Waals surface area contributed by atoms with E-state index in [1.165, 1.54) is 23.3 Å². The van der Waals surface area contributed by atoms with E-state index in [1.54, 1.807) is 12.1 Å². The highest BCUT2D eigenvalue weighted by atomic mass is 19.1. The fourth-order valence-electron chi connectivity index (χ4n) is 7.14. The second kappa shape index (κ2) is 14.6. The van der Waals surface area contributed by atoms with E-state index in [0.717, 1.165) is 61.9 Å². The van der Waals surface area contributed by atoms with Crippen LogP contribution in [0.2, 0.25) is 0 Å². The molecule has 0 radical (unpaired) electrons. The molecule has 8 nitrogen and oxygen atoms in total. The first kappa shape index (κ1) is 34.5.